The summed E-state index contributed by atoms with van der Waals surface area (Å²) in [6.07, 6.45) is 2.91. The molecule has 0 fully saturated rings. The highest BCUT2D eigenvalue weighted by Crippen LogP contribution is 2.23. The normalized spacial score (nSPS) is 11.2. The van der Waals surface area contributed by atoms with Crippen LogP contribution in [0.3, 0.4) is 0 Å². The van der Waals surface area contributed by atoms with Gasteiger partial charge in [-0.2, -0.15) is 5.10 Å². The molecule has 0 saturated heterocycles. The van der Waals surface area contributed by atoms with E-state index < -0.39 is 0 Å². The smallest absolute Gasteiger partial charge is 0.212 e. The minimum atomic E-state index is 0.336. The van der Waals surface area contributed by atoms with Crippen molar-refractivity contribution in [3.63, 3.8) is 0 Å². The van der Waals surface area contributed by atoms with Crippen molar-refractivity contribution >= 4 is 0 Å². The lowest BCUT2D eigenvalue weighted by molar-refractivity contribution is 0.413. The Labute approximate surface area is 85.8 Å². The van der Waals surface area contributed by atoms with Crippen LogP contribution in [0.5, 0.6) is 5.88 Å². The minimum absolute atomic E-state index is 0.336. The lowest BCUT2D eigenvalue weighted by Gasteiger charge is -2.03. The highest BCUT2D eigenvalue weighted by atomic mass is 16.3. The highest BCUT2D eigenvalue weighted by Gasteiger charge is 2.14. The van der Waals surface area contributed by atoms with Gasteiger partial charge in [0.15, 0.2) is 0 Å². The molecule has 80 valence electrons. The summed E-state index contributed by atoms with van der Waals surface area (Å²) >= 11 is 0. The Kier molecular flexibility index (Phi) is 3.55. The first-order chi connectivity index (χ1) is 6.56. The molecule has 0 spiro atoms. The molecule has 3 heteroatoms. The van der Waals surface area contributed by atoms with Gasteiger partial charge in [-0.1, -0.05) is 27.2 Å². The van der Waals surface area contributed by atoms with Crippen molar-refractivity contribution in [2.24, 2.45) is 13.0 Å². The molecule has 1 rings (SSSR count). The van der Waals surface area contributed by atoms with Crippen molar-refractivity contribution in [1.82, 2.24) is 9.78 Å². The summed E-state index contributed by atoms with van der Waals surface area (Å²) < 4.78 is 1.57. The molecule has 1 aromatic rings. The highest BCUT2D eigenvalue weighted by molar-refractivity contribution is 5.30. The second-order valence-corrected chi connectivity index (χ2v) is 4.22. The third kappa shape index (κ3) is 2.28. The van der Waals surface area contributed by atoms with Gasteiger partial charge in [-0.15, -0.1) is 0 Å². The summed E-state index contributed by atoms with van der Waals surface area (Å²) in [7, 11) is 1.79. The molecular weight excluding hydrogens is 176 g/mol. The Balaban J connectivity index is 2.96. The molecule has 0 aliphatic rings. The van der Waals surface area contributed by atoms with Crippen molar-refractivity contribution in [2.75, 3.05) is 0 Å². The van der Waals surface area contributed by atoms with E-state index in [9.17, 15) is 5.11 Å². The number of aromatic nitrogens is 2. The van der Waals surface area contributed by atoms with E-state index >= 15 is 0 Å². The van der Waals surface area contributed by atoms with Crippen LogP contribution in [0.15, 0.2) is 0 Å². The Bertz CT molecular complexity index is 302. The Morgan fingerprint density at radius 2 is 2.07 bits per heavy atom. The molecule has 1 N–H and O–H groups in total. The van der Waals surface area contributed by atoms with E-state index in [2.05, 4.69) is 25.9 Å². The van der Waals surface area contributed by atoms with E-state index in [0.717, 1.165) is 30.5 Å². The van der Waals surface area contributed by atoms with Crippen LogP contribution in [0.2, 0.25) is 0 Å². The topological polar surface area (TPSA) is 38.0 Å². The van der Waals surface area contributed by atoms with Gasteiger partial charge < -0.3 is 5.11 Å². The maximum atomic E-state index is 9.76. The van der Waals surface area contributed by atoms with Gasteiger partial charge in [0.2, 0.25) is 5.88 Å². The fourth-order valence-corrected chi connectivity index (χ4v) is 1.67. The van der Waals surface area contributed by atoms with Gasteiger partial charge in [0.05, 0.1) is 5.69 Å². The predicted octanol–water partition coefficient (Wildman–Crippen LogP) is 2.28. The molecule has 0 atom stereocenters. The molecule has 0 bridgehead atoms. The number of aryl methyl sites for hydroxylation is 1. The lowest BCUT2D eigenvalue weighted by atomic mass is 10.0. The standard InChI is InChI=1S/C11H20N2O/c1-5-6-9-10(7-8(2)3)12-13(4)11(9)14/h8,14H,5-7H2,1-4H3. The minimum Gasteiger partial charge on any atom is -0.493 e. The van der Waals surface area contributed by atoms with Crippen molar-refractivity contribution in [3.05, 3.63) is 11.3 Å². The average molecular weight is 196 g/mol. The molecule has 0 aliphatic carbocycles. The first-order valence-electron chi connectivity index (χ1n) is 5.30. The molecule has 0 aromatic carbocycles. The van der Waals surface area contributed by atoms with E-state index in [4.69, 9.17) is 0 Å². The van der Waals surface area contributed by atoms with E-state index in [0.29, 0.717) is 11.8 Å². The molecular formula is C11H20N2O. The van der Waals surface area contributed by atoms with Gasteiger partial charge in [0.1, 0.15) is 0 Å². The average Bonchev–Trinajstić information content (AvgIpc) is 2.32. The summed E-state index contributed by atoms with van der Waals surface area (Å²) in [5, 5.41) is 14.1. The summed E-state index contributed by atoms with van der Waals surface area (Å²) in [6.45, 7) is 6.45. The summed E-state index contributed by atoms with van der Waals surface area (Å²) in [5.74, 6) is 0.919. The van der Waals surface area contributed by atoms with Gasteiger partial charge in [-0.05, 0) is 18.8 Å². The molecule has 0 unspecified atom stereocenters. The van der Waals surface area contributed by atoms with Crippen LogP contribution in [0.1, 0.15) is 38.4 Å². The summed E-state index contributed by atoms with van der Waals surface area (Å²) in [5.41, 5.74) is 2.09. The van der Waals surface area contributed by atoms with Gasteiger partial charge in [0, 0.05) is 12.6 Å². The number of hydrogen-bond acceptors (Lipinski definition) is 2. The fraction of sp³-hybridized carbons (Fsp3) is 0.727. The quantitative estimate of drug-likeness (QED) is 0.802. The van der Waals surface area contributed by atoms with Crippen LogP contribution in [0.4, 0.5) is 0 Å². The Hall–Kier alpha value is -0.990. The van der Waals surface area contributed by atoms with E-state index in [1.807, 2.05) is 0 Å². The fourth-order valence-electron chi connectivity index (χ4n) is 1.67. The maximum absolute atomic E-state index is 9.76. The molecule has 0 radical (unpaired) electrons. The molecule has 0 saturated carbocycles. The van der Waals surface area contributed by atoms with E-state index in [1.54, 1.807) is 11.7 Å². The van der Waals surface area contributed by atoms with Gasteiger partial charge in [-0.3, -0.25) is 0 Å². The van der Waals surface area contributed by atoms with Gasteiger partial charge >= 0.3 is 0 Å². The number of aromatic hydroxyl groups is 1. The Morgan fingerprint density at radius 1 is 1.43 bits per heavy atom. The molecule has 1 aromatic heterocycles. The summed E-state index contributed by atoms with van der Waals surface area (Å²) in [4.78, 5) is 0. The summed E-state index contributed by atoms with van der Waals surface area (Å²) in [6, 6.07) is 0. The maximum Gasteiger partial charge on any atom is 0.212 e. The largest absolute Gasteiger partial charge is 0.493 e. The molecule has 0 aliphatic heterocycles. The number of hydrogen-bond donors (Lipinski definition) is 1. The number of rotatable bonds is 4. The van der Waals surface area contributed by atoms with Crippen LogP contribution in [-0.2, 0) is 19.9 Å². The van der Waals surface area contributed by atoms with Crippen molar-refractivity contribution < 1.29 is 5.11 Å². The Morgan fingerprint density at radius 3 is 2.57 bits per heavy atom. The second kappa shape index (κ2) is 4.49. The first kappa shape index (κ1) is 11.1. The molecule has 3 nitrogen and oxygen atoms in total. The van der Waals surface area contributed by atoms with Crippen LogP contribution < -0.4 is 0 Å². The zero-order valence-electron chi connectivity index (χ0n) is 9.54. The van der Waals surface area contributed by atoms with E-state index in [-0.39, 0.29) is 0 Å². The van der Waals surface area contributed by atoms with Crippen molar-refractivity contribution in [2.45, 2.75) is 40.0 Å². The van der Waals surface area contributed by atoms with Crippen LogP contribution in [0, 0.1) is 5.92 Å². The lowest BCUT2D eigenvalue weighted by Crippen LogP contribution is -1.99. The number of nitrogens with zero attached hydrogens (tertiary/aromatic N) is 2. The zero-order valence-corrected chi connectivity index (χ0v) is 9.54. The molecule has 14 heavy (non-hydrogen) atoms. The van der Waals surface area contributed by atoms with Crippen molar-refractivity contribution in [1.29, 1.82) is 0 Å². The van der Waals surface area contributed by atoms with Gasteiger partial charge in [-0.25, -0.2) is 4.68 Å². The van der Waals surface area contributed by atoms with Crippen molar-refractivity contribution in [3.8, 4) is 5.88 Å². The van der Waals surface area contributed by atoms with E-state index in [1.165, 1.54) is 0 Å². The third-order valence-corrected chi connectivity index (χ3v) is 2.30. The van der Waals surface area contributed by atoms with Crippen LogP contribution in [0.25, 0.3) is 0 Å². The monoisotopic (exact) mass is 196 g/mol. The third-order valence-electron chi connectivity index (χ3n) is 2.30. The second-order valence-electron chi connectivity index (χ2n) is 4.22. The zero-order chi connectivity index (χ0) is 10.7. The van der Waals surface area contributed by atoms with Crippen LogP contribution >= 0.6 is 0 Å². The molecule has 0 amide bonds. The predicted molar refractivity (Wildman–Crippen MR) is 57.4 cm³/mol. The van der Waals surface area contributed by atoms with Gasteiger partial charge in [0.25, 0.3) is 0 Å². The molecule has 1 heterocycles. The first-order valence-corrected chi connectivity index (χ1v) is 5.30. The van der Waals surface area contributed by atoms with Crippen LogP contribution in [-0.4, -0.2) is 14.9 Å². The SMILES string of the molecule is CCCc1c(CC(C)C)nn(C)c1O.